The van der Waals surface area contributed by atoms with Crippen molar-refractivity contribution < 1.29 is 9.90 Å². The van der Waals surface area contributed by atoms with Crippen LogP contribution in [-0.2, 0) is 13.0 Å². The Labute approximate surface area is 128 Å². The van der Waals surface area contributed by atoms with Crippen LogP contribution < -0.4 is 10.6 Å². The quantitative estimate of drug-likeness (QED) is 0.768. The number of hydrogen-bond acceptors (Lipinski definition) is 3. The molecule has 1 aromatic heterocycles. The fourth-order valence-corrected chi connectivity index (χ4v) is 2.74. The molecule has 0 aliphatic rings. The summed E-state index contributed by atoms with van der Waals surface area (Å²) >= 11 is 1.62. The van der Waals surface area contributed by atoms with E-state index in [0.717, 1.165) is 16.7 Å². The fourth-order valence-electron chi connectivity index (χ4n) is 1.99. The van der Waals surface area contributed by atoms with Gasteiger partial charge in [-0.15, -0.1) is 0 Å². The highest BCUT2D eigenvalue weighted by Crippen LogP contribution is 2.15. The highest BCUT2D eigenvalue weighted by molar-refractivity contribution is 7.07. The van der Waals surface area contributed by atoms with Crippen molar-refractivity contribution in [1.82, 2.24) is 10.6 Å². The summed E-state index contributed by atoms with van der Waals surface area (Å²) in [5.74, 6) is 0. The Kier molecular flexibility index (Phi) is 5.78. The molecule has 0 aliphatic carbocycles. The summed E-state index contributed by atoms with van der Waals surface area (Å²) in [6.07, 6.45) is 0.659. The number of nitrogens with one attached hydrogen (secondary N) is 2. The molecule has 0 bridgehead atoms. The highest BCUT2D eigenvalue weighted by Gasteiger charge is 2.09. The molecular weight excluding hydrogens is 284 g/mol. The fraction of sp³-hybridized carbons (Fsp3) is 0.312. The van der Waals surface area contributed by atoms with Gasteiger partial charge in [0.15, 0.2) is 0 Å². The molecule has 1 atom stereocenters. The van der Waals surface area contributed by atoms with E-state index in [1.165, 1.54) is 0 Å². The second-order valence-corrected chi connectivity index (χ2v) is 5.68. The molecule has 0 saturated heterocycles. The number of urea groups is 1. The van der Waals surface area contributed by atoms with Crippen LogP contribution in [0.4, 0.5) is 4.79 Å². The van der Waals surface area contributed by atoms with Crippen LogP contribution in [0.3, 0.4) is 0 Å². The average molecular weight is 304 g/mol. The minimum atomic E-state index is -0.173. The maximum absolute atomic E-state index is 11.8. The van der Waals surface area contributed by atoms with E-state index in [0.29, 0.717) is 13.0 Å². The Bertz CT molecular complexity index is 552. The molecule has 2 aromatic rings. The number of carbonyl (C=O) groups is 1. The van der Waals surface area contributed by atoms with Gasteiger partial charge in [0.25, 0.3) is 0 Å². The first-order chi connectivity index (χ1) is 10.2. The first-order valence-electron chi connectivity index (χ1n) is 6.94. The number of aliphatic hydroxyl groups is 1. The van der Waals surface area contributed by atoms with Crippen molar-refractivity contribution in [1.29, 1.82) is 0 Å². The number of carbonyl (C=O) groups excluding carboxylic acids is 1. The maximum atomic E-state index is 11.8. The summed E-state index contributed by atoms with van der Waals surface area (Å²) in [6, 6.07) is 9.71. The number of amides is 2. The van der Waals surface area contributed by atoms with Gasteiger partial charge in [-0.1, -0.05) is 24.3 Å². The van der Waals surface area contributed by atoms with Crippen molar-refractivity contribution in [2.24, 2.45) is 0 Å². The van der Waals surface area contributed by atoms with Gasteiger partial charge < -0.3 is 15.7 Å². The third-order valence-electron chi connectivity index (χ3n) is 3.27. The molecule has 1 heterocycles. The van der Waals surface area contributed by atoms with Crippen LogP contribution in [0.15, 0.2) is 41.1 Å². The first-order valence-corrected chi connectivity index (χ1v) is 7.88. The summed E-state index contributed by atoms with van der Waals surface area (Å²) < 4.78 is 0. The summed E-state index contributed by atoms with van der Waals surface area (Å²) in [4.78, 5) is 11.8. The molecule has 3 N–H and O–H groups in total. The second kappa shape index (κ2) is 7.81. The molecule has 0 radical (unpaired) electrons. The van der Waals surface area contributed by atoms with E-state index in [1.807, 2.05) is 48.0 Å². The molecule has 4 nitrogen and oxygen atoms in total. The summed E-state index contributed by atoms with van der Waals surface area (Å²) in [5.41, 5.74) is 3.25. The van der Waals surface area contributed by atoms with Crippen molar-refractivity contribution in [3.05, 3.63) is 57.8 Å². The average Bonchev–Trinajstić information content (AvgIpc) is 3.01. The highest BCUT2D eigenvalue weighted by atomic mass is 32.1. The maximum Gasteiger partial charge on any atom is 0.315 e. The predicted octanol–water partition coefficient (Wildman–Crippen LogP) is 2.84. The summed E-state index contributed by atoms with van der Waals surface area (Å²) in [7, 11) is 0. The minimum Gasteiger partial charge on any atom is -0.396 e. The lowest BCUT2D eigenvalue weighted by molar-refractivity contribution is 0.237. The molecular formula is C16H20N2O2S. The number of hydrogen-bond donors (Lipinski definition) is 3. The summed E-state index contributed by atoms with van der Waals surface area (Å²) in [6.45, 7) is 2.60. The zero-order valence-electron chi connectivity index (χ0n) is 12.0. The monoisotopic (exact) mass is 304 g/mol. The van der Waals surface area contributed by atoms with Crippen molar-refractivity contribution in [3.63, 3.8) is 0 Å². The molecule has 0 aliphatic heterocycles. The van der Waals surface area contributed by atoms with Crippen LogP contribution in [0.25, 0.3) is 0 Å². The zero-order valence-corrected chi connectivity index (χ0v) is 12.8. The number of aliphatic hydroxyl groups excluding tert-OH is 1. The lowest BCUT2D eigenvalue weighted by Crippen LogP contribution is -2.36. The molecule has 2 amide bonds. The molecule has 0 spiro atoms. The van der Waals surface area contributed by atoms with E-state index in [2.05, 4.69) is 10.6 Å². The number of benzene rings is 1. The van der Waals surface area contributed by atoms with Crippen LogP contribution in [0.1, 0.15) is 29.7 Å². The Morgan fingerprint density at radius 2 is 1.95 bits per heavy atom. The van der Waals surface area contributed by atoms with E-state index in [4.69, 9.17) is 5.11 Å². The van der Waals surface area contributed by atoms with Gasteiger partial charge >= 0.3 is 6.03 Å². The van der Waals surface area contributed by atoms with Gasteiger partial charge in [0.2, 0.25) is 0 Å². The van der Waals surface area contributed by atoms with Crippen LogP contribution in [0.5, 0.6) is 0 Å². The van der Waals surface area contributed by atoms with Gasteiger partial charge in [-0.2, -0.15) is 11.3 Å². The van der Waals surface area contributed by atoms with E-state index in [-0.39, 0.29) is 18.7 Å². The number of rotatable bonds is 6. The second-order valence-electron chi connectivity index (χ2n) is 4.90. The van der Waals surface area contributed by atoms with Crippen molar-refractivity contribution in [3.8, 4) is 0 Å². The third kappa shape index (κ3) is 4.88. The van der Waals surface area contributed by atoms with Gasteiger partial charge in [0.1, 0.15) is 0 Å². The first kappa shape index (κ1) is 15.5. The van der Waals surface area contributed by atoms with Gasteiger partial charge in [-0.25, -0.2) is 4.79 Å². The number of thiophene rings is 1. The van der Waals surface area contributed by atoms with E-state index < -0.39 is 0 Å². The SMILES string of the molecule is CC(NC(=O)NCc1ccc(CCO)cc1)c1ccsc1. The van der Waals surface area contributed by atoms with Crippen molar-refractivity contribution >= 4 is 17.4 Å². The van der Waals surface area contributed by atoms with E-state index in [1.54, 1.807) is 11.3 Å². The lowest BCUT2D eigenvalue weighted by atomic mass is 10.1. The molecule has 112 valence electrons. The Balaban J connectivity index is 1.78. The van der Waals surface area contributed by atoms with Crippen LogP contribution in [0, 0.1) is 0 Å². The zero-order chi connectivity index (χ0) is 15.1. The van der Waals surface area contributed by atoms with Gasteiger partial charge in [0.05, 0.1) is 6.04 Å². The van der Waals surface area contributed by atoms with Gasteiger partial charge in [0, 0.05) is 13.2 Å². The van der Waals surface area contributed by atoms with Gasteiger partial charge in [-0.05, 0) is 46.9 Å². The Morgan fingerprint density at radius 3 is 2.57 bits per heavy atom. The standard InChI is InChI=1S/C16H20N2O2S/c1-12(15-7-9-21-11-15)18-16(20)17-10-14-4-2-13(3-5-14)6-8-19/h2-5,7,9,11-12,19H,6,8,10H2,1H3,(H2,17,18,20). The van der Waals surface area contributed by atoms with Crippen LogP contribution >= 0.6 is 11.3 Å². The van der Waals surface area contributed by atoms with Crippen LogP contribution in [0.2, 0.25) is 0 Å². The normalized spacial score (nSPS) is 11.9. The smallest absolute Gasteiger partial charge is 0.315 e. The minimum absolute atomic E-state index is 0.00294. The predicted molar refractivity (Wildman–Crippen MR) is 85.3 cm³/mol. The van der Waals surface area contributed by atoms with Crippen molar-refractivity contribution in [2.45, 2.75) is 25.9 Å². The topological polar surface area (TPSA) is 61.4 Å². The summed E-state index contributed by atoms with van der Waals surface area (Å²) in [5, 5.41) is 18.6. The van der Waals surface area contributed by atoms with Crippen molar-refractivity contribution in [2.75, 3.05) is 6.61 Å². The van der Waals surface area contributed by atoms with E-state index >= 15 is 0 Å². The molecule has 1 unspecified atom stereocenters. The molecule has 0 saturated carbocycles. The molecule has 0 fully saturated rings. The Hall–Kier alpha value is -1.85. The Morgan fingerprint density at radius 1 is 1.24 bits per heavy atom. The molecule has 2 rings (SSSR count). The largest absolute Gasteiger partial charge is 0.396 e. The molecule has 1 aromatic carbocycles. The molecule has 5 heteroatoms. The van der Waals surface area contributed by atoms with Gasteiger partial charge in [-0.3, -0.25) is 0 Å². The van der Waals surface area contributed by atoms with E-state index in [9.17, 15) is 4.79 Å². The third-order valence-corrected chi connectivity index (χ3v) is 3.97. The lowest BCUT2D eigenvalue weighted by Gasteiger charge is -2.13. The molecule has 21 heavy (non-hydrogen) atoms. The van der Waals surface area contributed by atoms with Crippen LogP contribution in [-0.4, -0.2) is 17.7 Å².